The van der Waals surface area contributed by atoms with E-state index in [4.69, 9.17) is 0 Å². The highest BCUT2D eigenvalue weighted by Gasteiger charge is 2.19. The topological polar surface area (TPSA) is 76.3 Å². The van der Waals surface area contributed by atoms with E-state index in [-0.39, 0.29) is 5.75 Å². The normalized spacial score (nSPS) is 11.9. The van der Waals surface area contributed by atoms with Crippen molar-refractivity contribution in [2.45, 2.75) is 12.2 Å². The summed E-state index contributed by atoms with van der Waals surface area (Å²) in [5, 5.41) is 3.61. The molecule has 0 spiro atoms. The largest absolute Gasteiger partial charge is 0.364 e. The Labute approximate surface area is 112 Å². The molecule has 2 aromatic rings. The van der Waals surface area contributed by atoms with Crippen molar-refractivity contribution < 1.29 is 12.9 Å². The number of rotatable bonds is 6. The van der Waals surface area contributed by atoms with Gasteiger partial charge in [-0.1, -0.05) is 11.2 Å². The van der Waals surface area contributed by atoms with E-state index in [2.05, 4.69) is 14.7 Å². The molecule has 2 rings (SSSR count). The van der Waals surface area contributed by atoms with Gasteiger partial charge in [0.2, 0.25) is 10.0 Å². The Bertz CT molecular complexity index is 596. The van der Waals surface area contributed by atoms with Crippen molar-refractivity contribution in [2.24, 2.45) is 0 Å². The maximum Gasteiger partial charge on any atom is 0.219 e. The first-order chi connectivity index (χ1) is 9.08. The molecule has 0 aliphatic carbocycles. The second-order valence-corrected chi connectivity index (χ2v) is 6.22. The molecule has 0 bridgehead atoms. The third-order valence-electron chi connectivity index (χ3n) is 2.71. The zero-order chi connectivity index (χ0) is 13.7. The first-order valence-corrected chi connectivity index (χ1v) is 7.42. The Morgan fingerprint density at radius 2 is 2.11 bits per heavy atom. The van der Waals surface area contributed by atoms with E-state index < -0.39 is 10.0 Å². The minimum Gasteiger partial charge on any atom is -0.364 e. The van der Waals surface area contributed by atoms with Gasteiger partial charge >= 0.3 is 0 Å². The summed E-state index contributed by atoms with van der Waals surface area (Å²) in [7, 11) is -1.82. The molecule has 2 heterocycles. The predicted molar refractivity (Wildman–Crippen MR) is 69.7 cm³/mol. The molecule has 0 aliphatic heterocycles. The molecule has 0 unspecified atom stereocenters. The summed E-state index contributed by atoms with van der Waals surface area (Å²) in [6.07, 6.45) is 3.63. The van der Waals surface area contributed by atoms with Crippen molar-refractivity contribution >= 4 is 10.0 Å². The Morgan fingerprint density at radius 1 is 1.26 bits per heavy atom. The Hall–Kier alpha value is -1.73. The molecule has 0 aliphatic rings. The van der Waals surface area contributed by atoms with Gasteiger partial charge < -0.3 is 4.52 Å². The van der Waals surface area contributed by atoms with Crippen LogP contribution in [-0.2, 0) is 22.2 Å². The Balaban J connectivity index is 1.93. The molecule has 0 aromatic carbocycles. The van der Waals surface area contributed by atoms with E-state index in [0.717, 1.165) is 5.69 Å². The molecule has 0 saturated carbocycles. The Morgan fingerprint density at radius 3 is 2.74 bits per heavy atom. The van der Waals surface area contributed by atoms with Crippen molar-refractivity contribution in [3.05, 3.63) is 48.1 Å². The maximum atomic E-state index is 12.0. The highest BCUT2D eigenvalue weighted by atomic mass is 32.2. The van der Waals surface area contributed by atoms with Crippen LogP contribution in [0.2, 0.25) is 0 Å². The lowest BCUT2D eigenvalue weighted by molar-refractivity contribution is 0.412. The standard InChI is InChI=1S/C12H15N3O3S/c1-15(8-5-11-4-2-3-7-13-11)19(16,17)10-12-6-9-18-14-12/h2-4,6-7,9H,5,8,10H2,1H3. The fraction of sp³-hybridized carbons (Fsp3) is 0.333. The number of nitrogens with zero attached hydrogens (tertiary/aromatic N) is 3. The maximum absolute atomic E-state index is 12.0. The van der Waals surface area contributed by atoms with Gasteiger partial charge in [0.25, 0.3) is 0 Å². The van der Waals surface area contributed by atoms with Crippen molar-refractivity contribution in [3.63, 3.8) is 0 Å². The monoisotopic (exact) mass is 281 g/mol. The van der Waals surface area contributed by atoms with E-state index >= 15 is 0 Å². The predicted octanol–water partition coefficient (Wildman–Crippen LogP) is 1.07. The lowest BCUT2D eigenvalue weighted by Gasteiger charge is -2.15. The number of hydrogen-bond acceptors (Lipinski definition) is 5. The molecule has 0 fully saturated rings. The van der Waals surface area contributed by atoms with Crippen molar-refractivity contribution in [1.29, 1.82) is 0 Å². The SMILES string of the molecule is CN(CCc1ccccn1)S(=O)(=O)Cc1ccon1. The molecule has 0 atom stereocenters. The summed E-state index contributed by atoms with van der Waals surface area (Å²) in [4.78, 5) is 4.16. The van der Waals surface area contributed by atoms with E-state index in [1.54, 1.807) is 19.3 Å². The number of sulfonamides is 1. The number of pyridine rings is 1. The lowest BCUT2D eigenvalue weighted by Crippen LogP contribution is -2.30. The summed E-state index contributed by atoms with van der Waals surface area (Å²) in [5.74, 6) is -0.151. The first-order valence-electron chi connectivity index (χ1n) is 5.81. The van der Waals surface area contributed by atoms with Crippen LogP contribution in [0.1, 0.15) is 11.4 Å². The average Bonchev–Trinajstić information content (AvgIpc) is 2.89. The molecule has 19 heavy (non-hydrogen) atoms. The molecule has 0 radical (unpaired) electrons. The number of likely N-dealkylation sites (N-methyl/N-ethyl adjacent to an activating group) is 1. The van der Waals surface area contributed by atoms with Crippen LogP contribution < -0.4 is 0 Å². The minimum absolute atomic E-state index is 0.151. The van der Waals surface area contributed by atoms with Crippen molar-refractivity contribution in [1.82, 2.24) is 14.4 Å². The van der Waals surface area contributed by atoms with Gasteiger partial charge in [-0.3, -0.25) is 4.98 Å². The van der Waals surface area contributed by atoms with Gasteiger partial charge in [0.05, 0.1) is 5.69 Å². The van der Waals surface area contributed by atoms with Gasteiger partial charge in [-0.2, -0.15) is 0 Å². The average molecular weight is 281 g/mol. The van der Waals surface area contributed by atoms with Crippen LogP contribution in [-0.4, -0.2) is 36.5 Å². The van der Waals surface area contributed by atoms with Gasteiger partial charge in [0, 0.05) is 38.0 Å². The molecular formula is C12H15N3O3S. The van der Waals surface area contributed by atoms with Crippen LogP contribution in [0.25, 0.3) is 0 Å². The van der Waals surface area contributed by atoms with E-state index in [0.29, 0.717) is 18.7 Å². The summed E-state index contributed by atoms with van der Waals surface area (Å²) in [6.45, 7) is 0.386. The van der Waals surface area contributed by atoms with Crippen LogP contribution in [0.5, 0.6) is 0 Å². The Kier molecular flexibility index (Phi) is 4.28. The summed E-state index contributed by atoms with van der Waals surface area (Å²) in [5.41, 5.74) is 1.27. The third kappa shape index (κ3) is 3.87. The lowest BCUT2D eigenvalue weighted by atomic mass is 10.3. The van der Waals surface area contributed by atoms with Gasteiger partial charge in [-0.25, -0.2) is 12.7 Å². The second kappa shape index (κ2) is 5.94. The zero-order valence-electron chi connectivity index (χ0n) is 10.6. The highest BCUT2D eigenvalue weighted by molar-refractivity contribution is 7.88. The molecule has 0 N–H and O–H groups in total. The van der Waals surface area contributed by atoms with Crippen LogP contribution >= 0.6 is 0 Å². The first kappa shape index (κ1) is 13.7. The van der Waals surface area contributed by atoms with Gasteiger partial charge in [-0.05, 0) is 12.1 Å². The fourth-order valence-corrected chi connectivity index (χ4v) is 2.68. The summed E-state index contributed by atoms with van der Waals surface area (Å²) < 4.78 is 30.0. The summed E-state index contributed by atoms with van der Waals surface area (Å²) in [6, 6.07) is 7.13. The molecule has 2 aromatic heterocycles. The molecule has 6 nitrogen and oxygen atoms in total. The van der Waals surface area contributed by atoms with E-state index in [9.17, 15) is 8.42 Å². The van der Waals surface area contributed by atoms with Gasteiger partial charge in [-0.15, -0.1) is 0 Å². The van der Waals surface area contributed by atoms with Crippen molar-refractivity contribution in [2.75, 3.05) is 13.6 Å². The molecular weight excluding hydrogens is 266 g/mol. The second-order valence-electron chi connectivity index (χ2n) is 4.14. The van der Waals surface area contributed by atoms with Gasteiger partial charge in [0.1, 0.15) is 12.0 Å². The van der Waals surface area contributed by atoms with E-state index in [1.165, 1.54) is 10.6 Å². The van der Waals surface area contributed by atoms with Crippen LogP contribution in [0.3, 0.4) is 0 Å². The van der Waals surface area contributed by atoms with Crippen LogP contribution in [0, 0.1) is 0 Å². The van der Waals surface area contributed by atoms with Crippen molar-refractivity contribution in [3.8, 4) is 0 Å². The minimum atomic E-state index is -3.37. The van der Waals surface area contributed by atoms with Crippen LogP contribution in [0.15, 0.2) is 41.2 Å². The zero-order valence-corrected chi connectivity index (χ0v) is 11.4. The number of hydrogen-bond donors (Lipinski definition) is 0. The molecule has 102 valence electrons. The smallest absolute Gasteiger partial charge is 0.219 e. The van der Waals surface area contributed by atoms with Gasteiger partial charge in [0.15, 0.2) is 0 Å². The molecule has 0 saturated heterocycles. The summed E-state index contributed by atoms with van der Waals surface area (Å²) >= 11 is 0. The molecule has 7 heteroatoms. The third-order valence-corrected chi connectivity index (χ3v) is 4.50. The molecule has 0 amide bonds. The quantitative estimate of drug-likeness (QED) is 0.791. The highest BCUT2D eigenvalue weighted by Crippen LogP contribution is 2.08. The number of aromatic nitrogens is 2. The van der Waals surface area contributed by atoms with Crippen LogP contribution in [0.4, 0.5) is 0 Å². The van der Waals surface area contributed by atoms with E-state index in [1.807, 2.05) is 18.2 Å². The fourth-order valence-electron chi connectivity index (χ4n) is 1.57.